The van der Waals surface area contributed by atoms with Gasteiger partial charge in [-0.25, -0.2) is 4.98 Å². The Hall–Kier alpha value is -0.870. The SMILES string of the molecule is c1oc(C2CCNCC2)nc1C1CCCOC1. The van der Waals surface area contributed by atoms with Gasteiger partial charge in [-0.1, -0.05) is 0 Å². The molecule has 0 spiro atoms. The molecule has 0 aromatic carbocycles. The van der Waals surface area contributed by atoms with Crippen LogP contribution in [0.2, 0.25) is 0 Å². The summed E-state index contributed by atoms with van der Waals surface area (Å²) in [5.41, 5.74) is 1.10. The molecule has 1 atom stereocenters. The van der Waals surface area contributed by atoms with Crippen molar-refractivity contribution < 1.29 is 9.15 Å². The summed E-state index contributed by atoms with van der Waals surface area (Å²) in [5, 5.41) is 3.37. The molecule has 1 aromatic rings. The molecule has 4 heteroatoms. The van der Waals surface area contributed by atoms with Gasteiger partial charge in [-0.15, -0.1) is 0 Å². The quantitative estimate of drug-likeness (QED) is 0.853. The van der Waals surface area contributed by atoms with Crippen LogP contribution in [0.15, 0.2) is 10.7 Å². The first-order chi connectivity index (χ1) is 8.43. The van der Waals surface area contributed by atoms with Crippen molar-refractivity contribution in [3.05, 3.63) is 17.8 Å². The lowest BCUT2D eigenvalue weighted by molar-refractivity contribution is 0.0792. The van der Waals surface area contributed by atoms with Crippen LogP contribution in [0.25, 0.3) is 0 Å². The van der Waals surface area contributed by atoms with Gasteiger partial charge in [-0.05, 0) is 38.8 Å². The monoisotopic (exact) mass is 236 g/mol. The number of aromatic nitrogens is 1. The predicted molar refractivity (Wildman–Crippen MR) is 64.1 cm³/mol. The Kier molecular flexibility index (Phi) is 3.43. The van der Waals surface area contributed by atoms with Crippen molar-refractivity contribution in [2.75, 3.05) is 26.3 Å². The molecular weight excluding hydrogens is 216 g/mol. The highest BCUT2D eigenvalue weighted by Crippen LogP contribution is 2.29. The van der Waals surface area contributed by atoms with Crippen molar-refractivity contribution in [3.63, 3.8) is 0 Å². The number of nitrogens with one attached hydrogen (secondary N) is 1. The molecule has 3 rings (SSSR count). The van der Waals surface area contributed by atoms with Crippen LogP contribution in [0.1, 0.15) is 49.1 Å². The van der Waals surface area contributed by atoms with E-state index in [-0.39, 0.29) is 0 Å². The smallest absolute Gasteiger partial charge is 0.197 e. The molecule has 0 amide bonds. The number of hydrogen-bond acceptors (Lipinski definition) is 4. The zero-order chi connectivity index (χ0) is 11.5. The van der Waals surface area contributed by atoms with Gasteiger partial charge in [-0.2, -0.15) is 0 Å². The van der Waals surface area contributed by atoms with Gasteiger partial charge in [0.05, 0.1) is 12.3 Å². The first kappa shape index (κ1) is 11.2. The Labute approximate surface area is 102 Å². The lowest BCUT2D eigenvalue weighted by Crippen LogP contribution is -2.26. The minimum atomic E-state index is 0.447. The molecule has 1 aromatic heterocycles. The minimum Gasteiger partial charge on any atom is -0.448 e. The molecule has 0 saturated carbocycles. The van der Waals surface area contributed by atoms with Crippen LogP contribution in [0.3, 0.4) is 0 Å². The number of rotatable bonds is 2. The molecule has 0 aliphatic carbocycles. The number of nitrogens with zero attached hydrogens (tertiary/aromatic N) is 1. The summed E-state index contributed by atoms with van der Waals surface area (Å²) in [4.78, 5) is 4.68. The van der Waals surface area contributed by atoms with Crippen molar-refractivity contribution in [2.45, 2.75) is 37.5 Å². The lowest BCUT2D eigenvalue weighted by Gasteiger charge is -2.20. The predicted octanol–water partition coefficient (Wildman–Crippen LogP) is 2.04. The fraction of sp³-hybridized carbons (Fsp3) is 0.769. The minimum absolute atomic E-state index is 0.447. The van der Waals surface area contributed by atoms with Gasteiger partial charge in [0.2, 0.25) is 0 Å². The van der Waals surface area contributed by atoms with E-state index < -0.39 is 0 Å². The highest BCUT2D eigenvalue weighted by atomic mass is 16.5. The summed E-state index contributed by atoms with van der Waals surface area (Å²) in [6.07, 6.45) is 6.44. The molecule has 0 bridgehead atoms. The Morgan fingerprint density at radius 2 is 2.06 bits per heavy atom. The number of piperidine rings is 1. The van der Waals surface area contributed by atoms with E-state index in [4.69, 9.17) is 9.15 Å². The maximum Gasteiger partial charge on any atom is 0.197 e. The molecule has 17 heavy (non-hydrogen) atoms. The first-order valence-electron chi connectivity index (χ1n) is 6.67. The highest BCUT2D eigenvalue weighted by molar-refractivity contribution is 5.08. The molecular formula is C13H20N2O2. The average Bonchev–Trinajstić information content (AvgIpc) is 2.90. The summed E-state index contributed by atoms with van der Waals surface area (Å²) in [6, 6.07) is 0. The molecule has 3 heterocycles. The number of ether oxygens (including phenoxy) is 1. The fourth-order valence-corrected chi connectivity index (χ4v) is 2.72. The molecule has 1 N–H and O–H groups in total. The molecule has 2 saturated heterocycles. The van der Waals surface area contributed by atoms with Gasteiger partial charge in [0, 0.05) is 18.4 Å². The number of hydrogen-bond donors (Lipinski definition) is 1. The second kappa shape index (κ2) is 5.19. The van der Waals surface area contributed by atoms with Gasteiger partial charge in [-0.3, -0.25) is 0 Å². The lowest BCUT2D eigenvalue weighted by atomic mass is 9.97. The molecule has 0 radical (unpaired) electrons. The van der Waals surface area contributed by atoms with Crippen LogP contribution >= 0.6 is 0 Å². The molecule has 1 unspecified atom stereocenters. The van der Waals surface area contributed by atoms with E-state index >= 15 is 0 Å². The number of oxazole rings is 1. The van der Waals surface area contributed by atoms with E-state index in [2.05, 4.69) is 10.3 Å². The third-order valence-corrected chi connectivity index (χ3v) is 3.81. The maximum absolute atomic E-state index is 5.66. The van der Waals surface area contributed by atoms with E-state index in [1.807, 2.05) is 6.26 Å². The van der Waals surface area contributed by atoms with Gasteiger partial charge < -0.3 is 14.5 Å². The Morgan fingerprint density at radius 1 is 1.18 bits per heavy atom. The van der Waals surface area contributed by atoms with Crippen molar-refractivity contribution in [1.29, 1.82) is 0 Å². The van der Waals surface area contributed by atoms with E-state index in [9.17, 15) is 0 Å². The summed E-state index contributed by atoms with van der Waals surface area (Å²) in [7, 11) is 0. The Morgan fingerprint density at radius 3 is 2.82 bits per heavy atom. The van der Waals surface area contributed by atoms with Crippen LogP contribution in [-0.2, 0) is 4.74 Å². The van der Waals surface area contributed by atoms with Crippen LogP contribution in [0.5, 0.6) is 0 Å². The second-order valence-corrected chi connectivity index (χ2v) is 5.05. The maximum atomic E-state index is 5.66. The average molecular weight is 236 g/mol. The fourth-order valence-electron chi connectivity index (χ4n) is 2.72. The summed E-state index contributed by atoms with van der Waals surface area (Å²) in [6.45, 7) is 3.86. The zero-order valence-corrected chi connectivity index (χ0v) is 10.2. The molecule has 4 nitrogen and oxygen atoms in total. The van der Waals surface area contributed by atoms with E-state index in [1.165, 1.54) is 6.42 Å². The third kappa shape index (κ3) is 2.53. The van der Waals surface area contributed by atoms with Crippen molar-refractivity contribution in [3.8, 4) is 0 Å². The zero-order valence-electron chi connectivity index (χ0n) is 10.2. The van der Waals surface area contributed by atoms with E-state index in [0.29, 0.717) is 11.8 Å². The summed E-state index contributed by atoms with van der Waals surface area (Å²) < 4.78 is 11.2. The largest absolute Gasteiger partial charge is 0.448 e. The van der Waals surface area contributed by atoms with Gasteiger partial charge in [0.25, 0.3) is 0 Å². The summed E-state index contributed by atoms with van der Waals surface area (Å²) >= 11 is 0. The first-order valence-corrected chi connectivity index (χ1v) is 6.67. The standard InChI is InChI=1S/C13H20N2O2/c1-2-11(8-16-7-1)12-9-17-13(15-12)10-3-5-14-6-4-10/h9-11,14H,1-8H2. The Balaban J connectivity index is 1.68. The topological polar surface area (TPSA) is 47.3 Å². The molecule has 94 valence electrons. The van der Waals surface area contributed by atoms with Crippen LogP contribution in [0, 0.1) is 0 Å². The van der Waals surface area contributed by atoms with Crippen LogP contribution in [0.4, 0.5) is 0 Å². The summed E-state index contributed by atoms with van der Waals surface area (Å²) in [5.74, 6) is 1.89. The van der Waals surface area contributed by atoms with E-state index in [0.717, 1.165) is 57.2 Å². The normalized spacial score (nSPS) is 27.2. The van der Waals surface area contributed by atoms with Crippen LogP contribution < -0.4 is 5.32 Å². The Bertz CT molecular complexity index is 320. The molecule has 2 aliphatic rings. The van der Waals surface area contributed by atoms with Crippen molar-refractivity contribution in [2.24, 2.45) is 0 Å². The highest BCUT2D eigenvalue weighted by Gasteiger charge is 2.24. The van der Waals surface area contributed by atoms with Crippen molar-refractivity contribution in [1.82, 2.24) is 10.3 Å². The van der Waals surface area contributed by atoms with Crippen LogP contribution in [-0.4, -0.2) is 31.3 Å². The second-order valence-electron chi connectivity index (χ2n) is 5.05. The third-order valence-electron chi connectivity index (χ3n) is 3.81. The molecule has 2 fully saturated rings. The molecule has 2 aliphatic heterocycles. The van der Waals surface area contributed by atoms with Gasteiger partial charge in [0.1, 0.15) is 6.26 Å². The van der Waals surface area contributed by atoms with Gasteiger partial charge in [0.15, 0.2) is 5.89 Å². The van der Waals surface area contributed by atoms with Crippen molar-refractivity contribution >= 4 is 0 Å². The van der Waals surface area contributed by atoms with Gasteiger partial charge >= 0.3 is 0 Å². The van der Waals surface area contributed by atoms with E-state index in [1.54, 1.807) is 0 Å².